The third-order valence-corrected chi connectivity index (χ3v) is 4.35. The average molecular weight is 324 g/mol. The molecule has 1 heterocycles. The molecule has 100 valence electrons. The van der Waals surface area contributed by atoms with Crippen molar-refractivity contribution in [1.29, 1.82) is 0 Å². The molecule has 0 radical (unpaired) electrons. The lowest BCUT2D eigenvalue weighted by Gasteiger charge is -2.33. The monoisotopic (exact) mass is 323 g/mol. The van der Waals surface area contributed by atoms with Gasteiger partial charge in [-0.1, -0.05) is 22.4 Å². The van der Waals surface area contributed by atoms with Gasteiger partial charge in [-0.25, -0.2) is 4.39 Å². The maximum atomic E-state index is 13.6. The maximum absolute atomic E-state index is 13.6. The SMILES string of the molecule is Cn1cnnc1C(c1cc(F)cc(Br)c1)C1CCC1. The Kier molecular flexibility index (Phi) is 3.39. The van der Waals surface area contributed by atoms with Crippen molar-refractivity contribution in [2.45, 2.75) is 25.2 Å². The van der Waals surface area contributed by atoms with Crippen molar-refractivity contribution in [3.8, 4) is 0 Å². The fourth-order valence-corrected chi connectivity index (χ4v) is 3.22. The molecule has 1 saturated carbocycles. The van der Waals surface area contributed by atoms with Gasteiger partial charge in [-0.05, 0) is 42.5 Å². The highest BCUT2D eigenvalue weighted by molar-refractivity contribution is 9.10. The molecule has 0 bridgehead atoms. The summed E-state index contributed by atoms with van der Waals surface area (Å²) in [4.78, 5) is 0. The van der Waals surface area contributed by atoms with Gasteiger partial charge in [0, 0.05) is 17.4 Å². The maximum Gasteiger partial charge on any atom is 0.140 e. The van der Waals surface area contributed by atoms with Crippen LogP contribution in [0.2, 0.25) is 0 Å². The van der Waals surface area contributed by atoms with Crippen molar-refractivity contribution < 1.29 is 4.39 Å². The number of rotatable bonds is 3. The van der Waals surface area contributed by atoms with Crippen LogP contribution in [-0.2, 0) is 7.05 Å². The van der Waals surface area contributed by atoms with Crippen molar-refractivity contribution in [1.82, 2.24) is 14.8 Å². The van der Waals surface area contributed by atoms with Gasteiger partial charge in [-0.2, -0.15) is 0 Å². The topological polar surface area (TPSA) is 30.7 Å². The van der Waals surface area contributed by atoms with E-state index in [1.54, 1.807) is 12.4 Å². The van der Waals surface area contributed by atoms with Gasteiger partial charge in [0.15, 0.2) is 0 Å². The zero-order valence-electron chi connectivity index (χ0n) is 10.7. The molecule has 3 nitrogen and oxygen atoms in total. The second-order valence-electron chi connectivity index (χ2n) is 5.17. The highest BCUT2D eigenvalue weighted by atomic mass is 79.9. The van der Waals surface area contributed by atoms with E-state index in [4.69, 9.17) is 0 Å². The first-order valence-electron chi connectivity index (χ1n) is 6.45. The molecule has 1 fully saturated rings. The fourth-order valence-electron chi connectivity index (χ4n) is 2.73. The molecule has 19 heavy (non-hydrogen) atoms. The third-order valence-electron chi connectivity index (χ3n) is 3.89. The van der Waals surface area contributed by atoms with E-state index < -0.39 is 0 Å². The first kappa shape index (κ1) is 12.8. The molecule has 1 aromatic carbocycles. The van der Waals surface area contributed by atoms with Crippen LogP contribution >= 0.6 is 15.9 Å². The standard InChI is InChI=1S/C14H15BrFN3/c1-19-8-17-18-14(19)13(9-3-2-4-9)10-5-11(15)7-12(16)6-10/h5-9,13H,2-4H2,1H3. The Bertz CT molecular complexity index is 572. The summed E-state index contributed by atoms with van der Waals surface area (Å²) in [5.74, 6) is 1.38. The molecule has 1 unspecified atom stereocenters. The number of benzene rings is 1. The molecule has 0 spiro atoms. The average Bonchev–Trinajstić information content (AvgIpc) is 2.68. The van der Waals surface area contributed by atoms with Crippen molar-refractivity contribution in [2.24, 2.45) is 13.0 Å². The number of hydrogen-bond donors (Lipinski definition) is 0. The zero-order valence-corrected chi connectivity index (χ0v) is 12.3. The van der Waals surface area contributed by atoms with Crippen LogP contribution in [0.25, 0.3) is 0 Å². The van der Waals surface area contributed by atoms with Crippen LogP contribution in [0, 0.1) is 11.7 Å². The predicted octanol–water partition coefficient (Wildman–Crippen LogP) is 3.65. The van der Waals surface area contributed by atoms with Gasteiger partial charge in [0.2, 0.25) is 0 Å². The number of nitrogens with zero attached hydrogens (tertiary/aromatic N) is 3. The van der Waals surface area contributed by atoms with Crippen molar-refractivity contribution in [2.75, 3.05) is 0 Å². The van der Waals surface area contributed by atoms with E-state index in [1.807, 2.05) is 17.7 Å². The summed E-state index contributed by atoms with van der Waals surface area (Å²) in [6, 6.07) is 5.08. The quantitative estimate of drug-likeness (QED) is 0.863. The van der Waals surface area contributed by atoms with E-state index in [1.165, 1.54) is 25.3 Å². The van der Waals surface area contributed by atoms with Crippen molar-refractivity contribution in [3.05, 3.63) is 46.2 Å². The molecule has 5 heteroatoms. The normalized spacial score (nSPS) is 17.2. The number of aromatic nitrogens is 3. The van der Waals surface area contributed by atoms with E-state index in [0.717, 1.165) is 15.9 Å². The van der Waals surface area contributed by atoms with Crippen LogP contribution in [0.1, 0.15) is 36.6 Å². The van der Waals surface area contributed by atoms with Gasteiger partial charge in [-0.3, -0.25) is 0 Å². The third kappa shape index (κ3) is 2.43. The summed E-state index contributed by atoms with van der Waals surface area (Å²) in [6.07, 6.45) is 5.29. The Labute approximate surface area is 120 Å². The van der Waals surface area contributed by atoms with E-state index in [9.17, 15) is 4.39 Å². The van der Waals surface area contributed by atoms with Gasteiger partial charge in [0.05, 0.1) is 0 Å². The summed E-state index contributed by atoms with van der Waals surface area (Å²) in [5.41, 5.74) is 0.979. The Balaban J connectivity index is 2.06. The second-order valence-corrected chi connectivity index (χ2v) is 6.09. The summed E-state index contributed by atoms with van der Waals surface area (Å²) >= 11 is 3.37. The highest BCUT2D eigenvalue weighted by Gasteiger charge is 2.33. The predicted molar refractivity (Wildman–Crippen MR) is 74.3 cm³/mol. The molecule has 0 N–H and O–H groups in total. The summed E-state index contributed by atoms with van der Waals surface area (Å²) in [6.45, 7) is 0. The first-order valence-corrected chi connectivity index (χ1v) is 7.24. The van der Waals surface area contributed by atoms with Crippen LogP contribution in [0.5, 0.6) is 0 Å². The molecule has 1 aliphatic rings. The van der Waals surface area contributed by atoms with Gasteiger partial charge in [0.25, 0.3) is 0 Å². The lowest BCUT2D eigenvalue weighted by atomic mass is 9.72. The fraction of sp³-hybridized carbons (Fsp3) is 0.429. The summed E-state index contributed by atoms with van der Waals surface area (Å²) < 4.78 is 16.3. The minimum absolute atomic E-state index is 0.133. The van der Waals surface area contributed by atoms with Crippen molar-refractivity contribution in [3.63, 3.8) is 0 Å². The van der Waals surface area contributed by atoms with Gasteiger partial charge >= 0.3 is 0 Å². The van der Waals surface area contributed by atoms with E-state index in [0.29, 0.717) is 5.92 Å². The highest BCUT2D eigenvalue weighted by Crippen LogP contribution is 2.43. The smallest absolute Gasteiger partial charge is 0.140 e. The van der Waals surface area contributed by atoms with Crippen molar-refractivity contribution >= 4 is 15.9 Å². The van der Waals surface area contributed by atoms with E-state index in [2.05, 4.69) is 26.1 Å². The minimum Gasteiger partial charge on any atom is -0.320 e. The lowest BCUT2D eigenvalue weighted by Crippen LogP contribution is -2.24. The van der Waals surface area contributed by atoms with Crippen LogP contribution in [0.15, 0.2) is 29.0 Å². The van der Waals surface area contributed by atoms with Crippen LogP contribution in [-0.4, -0.2) is 14.8 Å². The lowest BCUT2D eigenvalue weighted by molar-refractivity contribution is 0.274. The number of hydrogen-bond acceptors (Lipinski definition) is 2. The molecule has 3 rings (SSSR count). The summed E-state index contributed by atoms with van der Waals surface area (Å²) in [5, 5.41) is 8.19. The number of halogens is 2. The largest absolute Gasteiger partial charge is 0.320 e. The molecule has 0 amide bonds. The molecule has 0 saturated heterocycles. The van der Waals surface area contributed by atoms with Crippen LogP contribution in [0.3, 0.4) is 0 Å². The van der Waals surface area contributed by atoms with Gasteiger partial charge in [-0.15, -0.1) is 10.2 Å². The van der Waals surface area contributed by atoms with E-state index in [-0.39, 0.29) is 11.7 Å². The molecule has 2 aromatic rings. The Morgan fingerprint density at radius 2 is 2.16 bits per heavy atom. The second kappa shape index (κ2) is 5.04. The molecular formula is C14H15BrFN3. The Morgan fingerprint density at radius 1 is 1.37 bits per heavy atom. The van der Waals surface area contributed by atoms with Gasteiger partial charge < -0.3 is 4.57 Å². The van der Waals surface area contributed by atoms with Crippen LogP contribution < -0.4 is 0 Å². The number of aryl methyl sites for hydroxylation is 1. The molecule has 1 aliphatic carbocycles. The molecule has 0 aliphatic heterocycles. The van der Waals surface area contributed by atoms with Crippen LogP contribution in [0.4, 0.5) is 4.39 Å². The summed E-state index contributed by atoms with van der Waals surface area (Å²) in [7, 11) is 1.94. The van der Waals surface area contributed by atoms with Gasteiger partial charge in [0.1, 0.15) is 18.0 Å². The minimum atomic E-state index is -0.212. The Hall–Kier alpha value is -1.23. The molecule has 1 aromatic heterocycles. The van der Waals surface area contributed by atoms with E-state index >= 15 is 0 Å². The zero-order chi connectivity index (χ0) is 13.4. The molecular weight excluding hydrogens is 309 g/mol. The first-order chi connectivity index (χ1) is 9.15. The Morgan fingerprint density at radius 3 is 2.68 bits per heavy atom. The molecule has 1 atom stereocenters.